The molecule has 12 heteroatoms. The molecule has 4 rings (SSSR count). The van der Waals surface area contributed by atoms with Crippen LogP contribution in [0.2, 0.25) is 5.02 Å². The molecule has 1 atom stereocenters. The Morgan fingerprint density at radius 1 is 1.21 bits per heavy atom. The third kappa shape index (κ3) is 6.38. The molecule has 210 valence electrons. The van der Waals surface area contributed by atoms with Crippen LogP contribution in [0, 0.1) is 22.9 Å². The Hall–Kier alpha value is -3.12. The maximum Gasteiger partial charge on any atom is 0.249 e. The molecule has 0 saturated carbocycles. The Morgan fingerprint density at radius 3 is 2.54 bits per heavy atom. The van der Waals surface area contributed by atoms with Gasteiger partial charge in [0.2, 0.25) is 5.91 Å². The molecule has 0 unspecified atom stereocenters. The van der Waals surface area contributed by atoms with Crippen molar-refractivity contribution in [3.8, 4) is 5.75 Å². The summed E-state index contributed by atoms with van der Waals surface area (Å²) in [4.78, 5) is 19.1. The van der Waals surface area contributed by atoms with Gasteiger partial charge in [-0.05, 0) is 57.0 Å². The van der Waals surface area contributed by atoms with Crippen molar-refractivity contribution in [2.45, 2.75) is 31.8 Å². The summed E-state index contributed by atoms with van der Waals surface area (Å²) < 4.78 is 46.2. The van der Waals surface area contributed by atoms with Crippen molar-refractivity contribution < 1.29 is 33.0 Å². The number of nitrogens with one attached hydrogen (secondary N) is 2. The Balaban J connectivity index is 1.40. The molecule has 8 nitrogen and oxygen atoms in total. The van der Waals surface area contributed by atoms with Crippen LogP contribution in [0.25, 0.3) is 10.9 Å². The van der Waals surface area contributed by atoms with Crippen LogP contribution in [-0.2, 0) is 4.79 Å². The Bertz CT molecular complexity index is 1310. The zero-order valence-corrected chi connectivity index (χ0v) is 22.1. The van der Waals surface area contributed by atoms with Crippen LogP contribution < -0.4 is 15.5 Å². The number of piperidine rings is 1. The molecular weight excluding hydrogens is 537 g/mol. The van der Waals surface area contributed by atoms with Gasteiger partial charge in [0.25, 0.3) is 0 Å². The third-order valence-electron chi connectivity index (χ3n) is 7.43. The fourth-order valence-electron chi connectivity index (χ4n) is 5.15. The first kappa shape index (κ1) is 28.9. The predicted molar refractivity (Wildman–Crippen MR) is 140 cm³/mol. The SMILES string of the molecule is COc1ccc2ncc(Cl)c([C@H](O)CCC3(C(=O)NO)CCN(CCNc4c(F)cc(F)cc4F)CC3)c2c1. The minimum absolute atomic E-state index is 0.203. The average molecular weight is 567 g/mol. The van der Waals surface area contributed by atoms with Gasteiger partial charge in [-0.25, -0.2) is 18.7 Å². The molecule has 1 saturated heterocycles. The Morgan fingerprint density at radius 2 is 1.90 bits per heavy atom. The minimum atomic E-state index is -1.01. The number of rotatable bonds is 10. The number of hydrogen-bond acceptors (Lipinski definition) is 7. The largest absolute Gasteiger partial charge is 0.497 e. The van der Waals surface area contributed by atoms with E-state index in [0.717, 1.165) is 0 Å². The number of aliphatic hydroxyl groups is 1. The molecule has 3 aromatic rings. The van der Waals surface area contributed by atoms with Crippen LogP contribution in [0.4, 0.5) is 18.9 Å². The highest BCUT2D eigenvalue weighted by molar-refractivity contribution is 6.32. The lowest BCUT2D eigenvalue weighted by atomic mass is 9.73. The van der Waals surface area contributed by atoms with Gasteiger partial charge in [0.1, 0.15) is 17.3 Å². The molecule has 0 aliphatic carbocycles. The molecule has 2 heterocycles. The van der Waals surface area contributed by atoms with Crippen molar-refractivity contribution in [2.24, 2.45) is 5.41 Å². The molecule has 0 spiro atoms. The zero-order chi connectivity index (χ0) is 28.2. The van der Waals surface area contributed by atoms with E-state index in [1.54, 1.807) is 23.7 Å². The number of aliphatic hydroxyl groups excluding tert-OH is 1. The van der Waals surface area contributed by atoms with Crippen LogP contribution in [0.1, 0.15) is 37.4 Å². The summed E-state index contributed by atoms with van der Waals surface area (Å²) in [7, 11) is 1.54. The lowest BCUT2D eigenvalue weighted by Crippen LogP contribution is -2.49. The summed E-state index contributed by atoms with van der Waals surface area (Å²) in [5.74, 6) is -2.96. The average Bonchev–Trinajstić information content (AvgIpc) is 2.93. The Labute approximate surface area is 228 Å². The number of carbonyl (C=O) groups is 1. The molecular formula is C27H30ClF3N4O4. The number of aromatic nitrogens is 1. The standard InChI is InChI=1S/C27H30ClF3N4O4/c1-39-17-2-3-22-18(14-17)24(19(28)15-33-22)23(36)4-5-27(26(37)34-38)6-9-35(10-7-27)11-8-32-25-20(30)12-16(29)13-21(25)31/h2-3,12-15,23,32,36,38H,4-11H2,1H3,(H,34,37)/t23-/m1/s1. The van der Waals surface area contributed by atoms with Crippen molar-refractivity contribution in [1.29, 1.82) is 0 Å². The summed E-state index contributed by atoms with van der Waals surface area (Å²) in [5.41, 5.74) is 1.58. The quantitative estimate of drug-likeness (QED) is 0.206. The summed E-state index contributed by atoms with van der Waals surface area (Å²) in [6.07, 6.45) is 1.74. The van der Waals surface area contributed by atoms with Crippen LogP contribution in [0.5, 0.6) is 5.75 Å². The van der Waals surface area contributed by atoms with Gasteiger partial charge in [-0.1, -0.05) is 11.6 Å². The van der Waals surface area contributed by atoms with E-state index in [1.807, 2.05) is 4.90 Å². The first-order valence-electron chi connectivity index (χ1n) is 12.5. The number of amides is 1. The van der Waals surface area contributed by atoms with E-state index in [-0.39, 0.29) is 19.4 Å². The van der Waals surface area contributed by atoms with Gasteiger partial charge in [-0.3, -0.25) is 15.0 Å². The van der Waals surface area contributed by atoms with Crippen molar-refractivity contribution in [3.05, 3.63) is 64.6 Å². The van der Waals surface area contributed by atoms with Gasteiger partial charge in [0.15, 0.2) is 11.6 Å². The van der Waals surface area contributed by atoms with Gasteiger partial charge in [-0.15, -0.1) is 0 Å². The number of methoxy groups -OCH3 is 1. The number of anilines is 1. The highest BCUT2D eigenvalue weighted by Crippen LogP contribution is 2.41. The molecule has 2 aromatic carbocycles. The number of ether oxygens (including phenoxy) is 1. The highest BCUT2D eigenvalue weighted by Gasteiger charge is 2.41. The number of nitrogens with zero attached hydrogens (tertiary/aromatic N) is 2. The van der Waals surface area contributed by atoms with Gasteiger partial charge < -0.3 is 20.1 Å². The second-order valence-corrected chi connectivity index (χ2v) is 10.1. The van der Waals surface area contributed by atoms with Gasteiger partial charge in [0, 0.05) is 42.4 Å². The fourth-order valence-corrected chi connectivity index (χ4v) is 5.43. The maximum atomic E-state index is 13.9. The first-order valence-corrected chi connectivity index (χ1v) is 12.9. The second-order valence-electron chi connectivity index (χ2n) is 9.69. The first-order chi connectivity index (χ1) is 18.7. The summed E-state index contributed by atoms with van der Waals surface area (Å²) in [6.45, 7) is 1.59. The van der Waals surface area contributed by atoms with Gasteiger partial charge >= 0.3 is 0 Å². The number of halogens is 4. The van der Waals surface area contributed by atoms with Crippen LogP contribution in [0.3, 0.4) is 0 Å². The van der Waals surface area contributed by atoms with E-state index in [9.17, 15) is 28.3 Å². The maximum absolute atomic E-state index is 13.9. The number of hydroxylamine groups is 1. The number of pyridine rings is 1. The highest BCUT2D eigenvalue weighted by atomic mass is 35.5. The van der Waals surface area contributed by atoms with Crippen molar-refractivity contribution in [2.75, 3.05) is 38.6 Å². The lowest BCUT2D eigenvalue weighted by molar-refractivity contribution is -0.143. The summed E-state index contributed by atoms with van der Waals surface area (Å²) >= 11 is 6.42. The van der Waals surface area contributed by atoms with E-state index in [1.165, 1.54) is 13.3 Å². The molecule has 1 fully saturated rings. The number of hydrogen-bond donors (Lipinski definition) is 4. The molecule has 39 heavy (non-hydrogen) atoms. The second kappa shape index (κ2) is 12.4. The number of carbonyl (C=O) groups excluding carboxylic acids is 1. The topological polar surface area (TPSA) is 107 Å². The molecule has 1 amide bonds. The zero-order valence-electron chi connectivity index (χ0n) is 21.3. The third-order valence-corrected chi connectivity index (χ3v) is 7.73. The molecule has 1 aliphatic rings. The molecule has 0 bridgehead atoms. The van der Waals surface area contributed by atoms with Crippen LogP contribution in [-0.4, -0.2) is 59.4 Å². The van der Waals surface area contributed by atoms with Crippen molar-refractivity contribution in [1.82, 2.24) is 15.4 Å². The number of likely N-dealkylation sites (tertiary alicyclic amines) is 1. The van der Waals surface area contributed by atoms with Crippen LogP contribution in [0.15, 0.2) is 36.5 Å². The van der Waals surface area contributed by atoms with E-state index in [4.69, 9.17) is 16.3 Å². The summed E-state index contributed by atoms with van der Waals surface area (Å²) in [6, 6.07) is 6.50. The van der Waals surface area contributed by atoms with E-state index >= 15 is 0 Å². The van der Waals surface area contributed by atoms with E-state index in [2.05, 4.69) is 10.3 Å². The molecule has 1 aromatic heterocycles. The molecule has 0 radical (unpaired) electrons. The monoisotopic (exact) mass is 566 g/mol. The van der Waals surface area contributed by atoms with E-state index in [0.29, 0.717) is 71.8 Å². The predicted octanol–water partition coefficient (Wildman–Crippen LogP) is 4.83. The summed E-state index contributed by atoms with van der Waals surface area (Å²) in [5, 5.41) is 24.2. The molecule has 4 N–H and O–H groups in total. The van der Waals surface area contributed by atoms with Crippen LogP contribution >= 0.6 is 11.6 Å². The minimum Gasteiger partial charge on any atom is -0.497 e. The van der Waals surface area contributed by atoms with Crippen molar-refractivity contribution in [3.63, 3.8) is 0 Å². The number of benzene rings is 2. The lowest BCUT2D eigenvalue weighted by Gasteiger charge is -2.40. The molecule has 1 aliphatic heterocycles. The Kier molecular flexibility index (Phi) is 9.16. The number of fused-ring (bicyclic) bond motifs is 1. The van der Waals surface area contributed by atoms with E-state index < -0.39 is 40.6 Å². The fraction of sp³-hybridized carbons (Fsp3) is 0.407. The van der Waals surface area contributed by atoms with Gasteiger partial charge in [-0.2, -0.15) is 0 Å². The smallest absolute Gasteiger partial charge is 0.249 e. The van der Waals surface area contributed by atoms with Crippen molar-refractivity contribution >= 4 is 34.1 Å². The van der Waals surface area contributed by atoms with Gasteiger partial charge in [0.05, 0.1) is 29.2 Å². The normalized spacial score (nSPS) is 16.2.